The Morgan fingerprint density at radius 1 is 1.46 bits per heavy atom. The van der Waals surface area contributed by atoms with Gasteiger partial charge in [-0.15, -0.1) is 0 Å². The van der Waals surface area contributed by atoms with Crippen molar-refractivity contribution in [1.82, 2.24) is 0 Å². The molecule has 1 heteroatoms. The van der Waals surface area contributed by atoms with Crippen LogP contribution in [-0.2, 0) is 0 Å². The van der Waals surface area contributed by atoms with Crippen LogP contribution in [0.5, 0.6) is 0 Å². The molecule has 0 saturated carbocycles. The molecule has 13 heavy (non-hydrogen) atoms. The highest BCUT2D eigenvalue weighted by molar-refractivity contribution is 5.28. The van der Waals surface area contributed by atoms with Crippen LogP contribution >= 0.6 is 0 Å². The van der Waals surface area contributed by atoms with Gasteiger partial charge in [0.25, 0.3) is 0 Å². The van der Waals surface area contributed by atoms with Crippen LogP contribution in [0.2, 0.25) is 0 Å². The minimum Gasteiger partial charge on any atom is -0.405 e. The van der Waals surface area contributed by atoms with Gasteiger partial charge in [-0.05, 0) is 32.0 Å². The second kappa shape index (κ2) is 10.8. The summed E-state index contributed by atoms with van der Waals surface area (Å²) in [5.41, 5.74) is 7.27. The van der Waals surface area contributed by atoms with E-state index in [0.29, 0.717) is 0 Å². The van der Waals surface area contributed by atoms with E-state index in [1.54, 1.807) is 12.2 Å². The van der Waals surface area contributed by atoms with Crippen molar-refractivity contribution < 1.29 is 0 Å². The van der Waals surface area contributed by atoms with E-state index >= 15 is 0 Å². The zero-order valence-corrected chi connectivity index (χ0v) is 9.01. The fourth-order valence-electron chi connectivity index (χ4n) is 0.573. The molecule has 0 aliphatic rings. The summed E-state index contributed by atoms with van der Waals surface area (Å²) in [4.78, 5) is 0. The number of nitrogens with two attached hydrogens (primary N) is 1. The molecule has 2 N–H and O–H groups in total. The van der Waals surface area contributed by atoms with E-state index in [1.807, 2.05) is 19.9 Å². The predicted molar refractivity (Wildman–Crippen MR) is 62.4 cm³/mol. The first-order valence-corrected chi connectivity index (χ1v) is 4.44. The molecule has 0 bridgehead atoms. The number of hydrogen-bond acceptors (Lipinski definition) is 1. The zero-order valence-electron chi connectivity index (χ0n) is 9.01. The lowest BCUT2D eigenvalue weighted by Gasteiger charge is -1.98. The van der Waals surface area contributed by atoms with Crippen LogP contribution in [0.1, 0.15) is 27.2 Å². The van der Waals surface area contributed by atoms with Crippen LogP contribution < -0.4 is 5.73 Å². The molecule has 0 spiro atoms. The summed E-state index contributed by atoms with van der Waals surface area (Å²) in [6, 6.07) is 0. The normalized spacial score (nSPS) is 10.5. The Kier molecular flexibility index (Phi) is 11.8. The molecule has 0 atom stereocenters. The summed E-state index contributed by atoms with van der Waals surface area (Å²) in [5.74, 6) is 0. The third-order valence-corrected chi connectivity index (χ3v) is 1.54. The summed E-state index contributed by atoms with van der Waals surface area (Å²) in [7, 11) is 0. The van der Waals surface area contributed by atoms with E-state index in [0.717, 1.165) is 6.42 Å². The van der Waals surface area contributed by atoms with Gasteiger partial charge in [0.15, 0.2) is 0 Å². The van der Waals surface area contributed by atoms with Gasteiger partial charge in [0, 0.05) is 0 Å². The quantitative estimate of drug-likeness (QED) is 0.659. The molecule has 74 valence electrons. The summed E-state index contributed by atoms with van der Waals surface area (Å²) in [6.07, 6.45) is 8.07. The molecule has 0 aromatic rings. The average Bonchev–Trinajstić information content (AvgIpc) is 2.17. The first kappa shape index (κ1) is 14.3. The van der Waals surface area contributed by atoms with Gasteiger partial charge in [0.2, 0.25) is 0 Å². The second-order valence-electron chi connectivity index (χ2n) is 2.57. The predicted octanol–water partition coefficient (Wildman–Crippen LogP) is 3.56. The lowest BCUT2D eigenvalue weighted by Crippen LogP contribution is -1.78. The molecular formula is C12H21N. The maximum atomic E-state index is 4.85. The SMILES string of the molecule is C/C=C\N.C=C/C=C(/C)C(=C)CC. The average molecular weight is 179 g/mol. The van der Waals surface area contributed by atoms with Crippen LogP contribution in [0.3, 0.4) is 0 Å². The minimum absolute atomic E-state index is 1.02. The monoisotopic (exact) mass is 179 g/mol. The molecule has 0 aliphatic heterocycles. The maximum Gasteiger partial charge on any atom is -0.0106 e. The van der Waals surface area contributed by atoms with Crippen molar-refractivity contribution >= 4 is 0 Å². The highest BCUT2D eigenvalue weighted by atomic mass is 14.5. The molecule has 0 aromatic heterocycles. The smallest absolute Gasteiger partial charge is 0.0106 e. The Morgan fingerprint density at radius 3 is 2.15 bits per heavy atom. The molecule has 0 fully saturated rings. The maximum absolute atomic E-state index is 4.85. The fourth-order valence-corrected chi connectivity index (χ4v) is 0.573. The highest BCUT2D eigenvalue weighted by Gasteiger charge is 1.88. The largest absolute Gasteiger partial charge is 0.405 e. The third kappa shape index (κ3) is 10.8. The lowest BCUT2D eigenvalue weighted by molar-refractivity contribution is 1.11. The van der Waals surface area contributed by atoms with Crippen LogP contribution in [-0.4, -0.2) is 0 Å². The van der Waals surface area contributed by atoms with Crippen molar-refractivity contribution in [2.75, 3.05) is 0 Å². The lowest BCUT2D eigenvalue weighted by atomic mass is 10.1. The number of allylic oxidation sites excluding steroid dienone is 5. The van der Waals surface area contributed by atoms with Gasteiger partial charge in [-0.2, -0.15) is 0 Å². The Balaban J connectivity index is 0. The molecule has 1 nitrogen and oxygen atoms in total. The van der Waals surface area contributed by atoms with Crippen molar-refractivity contribution in [3.63, 3.8) is 0 Å². The van der Waals surface area contributed by atoms with Crippen molar-refractivity contribution in [3.05, 3.63) is 48.7 Å². The molecule has 0 saturated heterocycles. The van der Waals surface area contributed by atoms with Gasteiger partial charge in [-0.3, -0.25) is 0 Å². The third-order valence-electron chi connectivity index (χ3n) is 1.54. The highest BCUT2D eigenvalue weighted by Crippen LogP contribution is 2.09. The Bertz CT molecular complexity index is 193. The van der Waals surface area contributed by atoms with E-state index in [1.165, 1.54) is 17.3 Å². The first-order valence-electron chi connectivity index (χ1n) is 4.44. The molecule has 0 rings (SSSR count). The van der Waals surface area contributed by atoms with Crippen molar-refractivity contribution in [1.29, 1.82) is 0 Å². The van der Waals surface area contributed by atoms with Crippen molar-refractivity contribution in [2.45, 2.75) is 27.2 Å². The van der Waals surface area contributed by atoms with Crippen LogP contribution in [0.25, 0.3) is 0 Å². The standard InChI is InChI=1S/C9H14.C3H7N/c1-5-7-9(4)8(3)6-2;1-2-3-4/h5,7H,1,3,6H2,2,4H3;2-3H,4H2,1H3/b9-7-;3-2-. The molecule has 0 radical (unpaired) electrons. The summed E-state index contributed by atoms with van der Waals surface area (Å²) in [6.45, 7) is 13.5. The van der Waals surface area contributed by atoms with Crippen molar-refractivity contribution in [3.8, 4) is 0 Å². The topological polar surface area (TPSA) is 26.0 Å². The van der Waals surface area contributed by atoms with E-state index in [2.05, 4.69) is 20.1 Å². The van der Waals surface area contributed by atoms with Gasteiger partial charge in [0.1, 0.15) is 0 Å². The molecule has 0 aliphatic carbocycles. The first-order chi connectivity index (χ1) is 6.13. The van der Waals surface area contributed by atoms with Gasteiger partial charge in [-0.25, -0.2) is 0 Å². The molecule has 0 aromatic carbocycles. The van der Waals surface area contributed by atoms with E-state index in [9.17, 15) is 0 Å². The van der Waals surface area contributed by atoms with Crippen LogP contribution in [0.15, 0.2) is 48.7 Å². The fraction of sp³-hybridized carbons (Fsp3) is 0.333. The molecule has 0 amide bonds. The Hall–Kier alpha value is -1.24. The van der Waals surface area contributed by atoms with Gasteiger partial charge < -0.3 is 5.73 Å². The van der Waals surface area contributed by atoms with E-state index in [-0.39, 0.29) is 0 Å². The molecule has 0 unspecified atom stereocenters. The van der Waals surface area contributed by atoms with Crippen LogP contribution in [0, 0.1) is 0 Å². The van der Waals surface area contributed by atoms with E-state index in [4.69, 9.17) is 5.73 Å². The van der Waals surface area contributed by atoms with Crippen molar-refractivity contribution in [2.24, 2.45) is 5.73 Å². The van der Waals surface area contributed by atoms with Gasteiger partial charge in [0.05, 0.1) is 0 Å². The Morgan fingerprint density at radius 2 is 1.92 bits per heavy atom. The summed E-state index contributed by atoms with van der Waals surface area (Å²) in [5, 5.41) is 0. The zero-order chi connectivity index (χ0) is 10.7. The Labute approximate surface area is 82.3 Å². The van der Waals surface area contributed by atoms with E-state index < -0.39 is 0 Å². The number of hydrogen-bond donors (Lipinski definition) is 1. The summed E-state index contributed by atoms with van der Waals surface area (Å²) >= 11 is 0. The van der Waals surface area contributed by atoms with Gasteiger partial charge in [-0.1, -0.05) is 43.9 Å². The second-order valence-corrected chi connectivity index (χ2v) is 2.57. The molecular weight excluding hydrogens is 158 g/mol. The molecule has 0 heterocycles. The number of rotatable bonds is 3. The van der Waals surface area contributed by atoms with Gasteiger partial charge >= 0.3 is 0 Å². The van der Waals surface area contributed by atoms with Crippen LogP contribution in [0.4, 0.5) is 0 Å². The summed E-state index contributed by atoms with van der Waals surface area (Å²) < 4.78 is 0. The minimum atomic E-state index is 1.02.